The predicted octanol–water partition coefficient (Wildman–Crippen LogP) is 1.60. The van der Waals surface area contributed by atoms with Crippen molar-refractivity contribution in [3.05, 3.63) is 28.5 Å². The molecule has 28 heavy (non-hydrogen) atoms. The number of imidazole rings is 1. The minimum atomic E-state index is -3.10. The minimum absolute atomic E-state index is 0.181. The first-order valence-electron chi connectivity index (χ1n) is 8.51. The molecule has 1 aromatic carbocycles. The Morgan fingerprint density at radius 2 is 2.21 bits per heavy atom. The van der Waals surface area contributed by atoms with Crippen LogP contribution in [0, 0.1) is 0 Å². The van der Waals surface area contributed by atoms with E-state index in [9.17, 15) is 9.90 Å². The molecule has 9 nitrogen and oxygen atoms in total. The van der Waals surface area contributed by atoms with Crippen LogP contribution in [0.1, 0.15) is 13.2 Å². The normalized spacial score (nSPS) is 30.1. The van der Waals surface area contributed by atoms with Crippen LogP contribution in [0.2, 0.25) is 10.0 Å². The second-order valence-electron chi connectivity index (χ2n) is 6.62. The summed E-state index contributed by atoms with van der Waals surface area (Å²) in [6, 6.07) is 3.32. The van der Waals surface area contributed by atoms with E-state index in [0.717, 1.165) is 0 Å². The number of aromatic nitrogens is 2. The zero-order chi connectivity index (χ0) is 20.1. The summed E-state index contributed by atoms with van der Waals surface area (Å²) in [5, 5.41) is 11.6. The molecule has 3 heterocycles. The van der Waals surface area contributed by atoms with Crippen molar-refractivity contribution in [2.45, 2.75) is 31.5 Å². The number of halogens is 2. The molecule has 4 rings (SSSR count). The van der Waals surface area contributed by atoms with Crippen LogP contribution in [0.4, 0.5) is 0 Å². The summed E-state index contributed by atoms with van der Waals surface area (Å²) in [5.41, 5.74) is 1.30. The van der Waals surface area contributed by atoms with Crippen molar-refractivity contribution in [2.75, 3.05) is 13.4 Å². The SMILES string of the molecule is B[PH]1(OCOC(C)=O)OC[C@H]2O[C@@H](n3cnc4cc(Cl)c(Cl)cc43)C(O)[C@H]2O1. The Bertz CT molecular complexity index is 918. The fourth-order valence-corrected chi connectivity index (χ4v) is 5.33. The van der Waals surface area contributed by atoms with E-state index < -0.39 is 38.3 Å². The van der Waals surface area contributed by atoms with Crippen LogP contribution in [0.5, 0.6) is 0 Å². The first kappa shape index (κ1) is 20.3. The van der Waals surface area contributed by atoms with Crippen molar-refractivity contribution in [2.24, 2.45) is 0 Å². The summed E-state index contributed by atoms with van der Waals surface area (Å²) in [5.74, 6) is -0.471. The molecular weight excluding hydrogens is 433 g/mol. The van der Waals surface area contributed by atoms with Gasteiger partial charge in [-0.05, 0) is 0 Å². The van der Waals surface area contributed by atoms with Crippen LogP contribution in [0.25, 0.3) is 11.0 Å². The molecule has 2 saturated heterocycles. The maximum absolute atomic E-state index is 10.9. The molecule has 0 spiro atoms. The Morgan fingerprint density at radius 1 is 1.46 bits per heavy atom. The first-order chi connectivity index (χ1) is 13.3. The van der Waals surface area contributed by atoms with Gasteiger partial charge in [-0.2, -0.15) is 0 Å². The third-order valence-corrected chi connectivity index (χ3v) is 7.40. The number of aliphatic hydroxyl groups is 1. The molecule has 0 radical (unpaired) electrons. The van der Waals surface area contributed by atoms with Crippen molar-refractivity contribution in [1.82, 2.24) is 9.55 Å². The van der Waals surface area contributed by atoms with E-state index in [0.29, 0.717) is 21.1 Å². The van der Waals surface area contributed by atoms with Crippen molar-refractivity contribution in [1.29, 1.82) is 0 Å². The van der Waals surface area contributed by atoms with Gasteiger partial charge < -0.3 is 0 Å². The molecule has 1 aromatic heterocycles. The standard InChI is InChI=1S/C15H18BCl2N2O7P/c1-7(21)23-6-25-28(16)24-4-12-14(27-28)13(22)15(26-12)20-5-19-10-2-8(17)9(18)3-11(10)20/h2-3,5,12-15,22,28H,4,6,16H2,1H3/t12-,13?,14+,15-/m1/s1. The molecule has 4 atom stereocenters. The quantitative estimate of drug-likeness (QED) is 0.324. The number of rotatable bonds is 4. The van der Waals surface area contributed by atoms with Crippen molar-refractivity contribution in [3.8, 4) is 0 Å². The number of carbonyl (C=O) groups is 1. The number of ether oxygens (including phenoxy) is 2. The number of nitrogens with zero attached hydrogens (tertiary/aromatic N) is 2. The summed E-state index contributed by atoms with van der Waals surface area (Å²) in [4.78, 5) is 15.2. The van der Waals surface area contributed by atoms with Gasteiger partial charge in [0.15, 0.2) is 0 Å². The molecule has 2 fully saturated rings. The van der Waals surface area contributed by atoms with Crippen LogP contribution in [-0.2, 0) is 27.8 Å². The first-order valence-corrected chi connectivity index (χ1v) is 11.5. The van der Waals surface area contributed by atoms with Crippen LogP contribution >= 0.6 is 31.0 Å². The van der Waals surface area contributed by atoms with E-state index in [1.165, 1.54) is 6.92 Å². The van der Waals surface area contributed by atoms with E-state index in [1.807, 2.05) is 0 Å². The van der Waals surface area contributed by atoms with E-state index in [2.05, 4.69) is 4.98 Å². The average Bonchev–Trinajstić information content (AvgIpc) is 3.16. The summed E-state index contributed by atoms with van der Waals surface area (Å²) in [6.45, 7) is 1.18. The van der Waals surface area contributed by atoms with Crippen LogP contribution in [0.15, 0.2) is 18.5 Å². The number of esters is 1. The number of carbonyl (C=O) groups excluding carboxylic acids is 1. The van der Waals surface area contributed by atoms with Gasteiger partial charge >= 0.3 is 171 Å². The topological polar surface area (TPSA) is 101 Å². The zero-order valence-electron chi connectivity index (χ0n) is 15.0. The van der Waals surface area contributed by atoms with Gasteiger partial charge in [0, 0.05) is 0 Å². The van der Waals surface area contributed by atoms with Gasteiger partial charge in [-0.25, -0.2) is 0 Å². The molecule has 0 aliphatic carbocycles. The molecule has 0 amide bonds. The molecule has 152 valence electrons. The third-order valence-electron chi connectivity index (χ3n) is 4.64. The van der Waals surface area contributed by atoms with Gasteiger partial charge in [0.2, 0.25) is 0 Å². The molecule has 0 saturated carbocycles. The van der Waals surface area contributed by atoms with Gasteiger partial charge in [0.25, 0.3) is 0 Å². The Kier molecular flexibility index (Phi) is 5.59. The summed E-state index contributed by atoms with van der Waals surface area (Å²) >= 11 is 12.2. The summed E-state index contributed by atoms with van der Waals surface area (Å²) in [7, 11) is -1.43. The van der Waals surface area contributed by atoms with E-state index in [4.69, 9.17) is 46.2 Å². The maximum atomic E-state index is 10.9. The monoisotopic (exact) mass is 450 g/mol. The molecule has 13 heteroatoms. The van der Waals surface area contributed by atoms with Gasteiger partial charge in [-0.15, -0.1) is 0 Å². The molecule has 2 aliphatic heterocycles. The number of hydrogen-bond acceptors (Lipinski definition) is 8. The van der Waals surface area contributed by atoms with Crippen LogP contribution in [-0.4, -0.2) is 59.9 Å². The van der Waals surface area contributed by atoms with Gasteiger partial charge in [-0.1, -0.05) is 0 Å². The Hall–Kier alpha value is -0.965. The Labute approximate surface area is 171 Å². The molecular formula is C15H18BCl2N2O7P. The summed E-state index contributed by atoms with van der Waals surface area (Å²) in [6.07, 6.45) is -1.33. The second kappa shape index (κ2) is 7.70. The van der Waals surface area contributed by atoms with E-state index >= 15 is 0 Å². The molecule has 1 unspecified atom stereocenters. The van der Waals surface area contributed by atoms with Gasteiger partial charge in [0.1, 0.15) is 0 Å². The molecule has 0 bridgehead atoms. The Morgan fingerprint density at radius 3 is 2.96 bits per heavy atom. The number of benzene rings is 1. The number of hydrogen-bond donors (Lipinski definition) is 1. The fourth-order valence-electron chi connectivity index (χ4n) is 3.26. The third kappa shape index (κ3) is 3.76. The Balaban J connectivity index is 1.53. The fraction of sp³-hybridized carbons (Fsp3) is 0.467. The van der Waals surface area contributed by atoms with E-state index in [-0.39, 0.29) is 13.4 Å². The van der Waals surface area contributed by atoms with Gasteiger partial charge in [-0.3, -0.25) is 0 Å². The van der Waals surface area contributed by atoms with E-state index in [1.54, 1.807) is 30.6 Å². The van der Waals surface area contributed by atoms with Crippen molar-refractivity contribution in [3.63, 3.8) is 0 Å². The van der Waals surface area contributed by atoms with Crippen molar-refractivity contribution >= 4 is 55.6 Å². The molecule has 2 aromatic rings. The predicted molar refractivity (Wildman–Crippen MR) is 105 cm³/mol. The van der Waals surface area contributed by atoms with Crippen molar-refractivity contribution < 1.29 is 32.9 Å². The second-order valence-corrected chi connectivity index (χ2v) is 9.97. The number of fused-ring (bicyclic) bond motifs is 2. The average molecular weight is 451 g/mol. The summed E-state index contributed by atoms with van der Waals surface area (Å²) < 4.78 is 29.5. The number of aliphatic hydroxyl groups excluding tert-OH is 1. The molecule has 2 aliphatic rings. The van der Waals surface area contributed by atoms with Crippen LogP contribution < -0.4 is 0 Å². The molecule has 1 N–H and O–H groups in total. The van der Waals surface area contributed by atoms with Crippen LogP contribution in [0.3, 0.4) is 0 Å². The zero-order valence-corrected chi connectivity index (χ0v) is 17.5. The van der Waals surface area contributed by atoms with Gasteiger partial charge in [0.05, 0.1) is 0 Å².